The summed E-state index contributed by atoms with van der Waals surface area (Å²) in [7, 11) is 0. The molecule has 0 saturated heterocycles. The van der Waals surface area contributed by atoms with Gasteiger partial charge in [-0.15, -0.1) is 0 Å². The van der Waals surface area contributed by atoms with Crippen LogP contribution in [-0.2, 0) is 17.6 Å². The molecule has 0 spiro atoms. The monoisotopic (exact) mass is 393 g/mol. The number of hydrogen-bond acceptors (Lipinski definition) is 3. The Kier molecular flexibility index (Phi) is 6.94. The van der Waals surface area contributed by atoms with Crippen LogP contribution in [0.5, 0.6) is 0 Å². The van der Waals surface area contributed by atoms with E-state index >= 15 is 0 Å². The maximum Gasteiger partial charge on any atom is 0.307 e. The average Bonchev–Trinajstić information content (AvgIpc) is 3.07. The Labute approximate surface area is 172 Å². The smallest absolute Gasteiger partial charge is 0.307 e. The predicted octanol–water partition coefficient (Wildman–Crippen LogP) is 4.59. The molecular formula is C24H31N3O2. The minimum atomic E-state index is -0.809. The van der Waals surface area contributed by atoms with E-state index in [1.807, 2.05) is 18.2 Å². The van der Waals surface area contributed by atoms with Gasteiger partial charge in [-0.1, -0.05) is 18.2 Å². The van der Waals surface area contributed by atoms with Crippen molar-refractivity contribution in [3.63, 3.8) is 0 Å². The first-order chi connectivity index (χ1) is 14.1. The topological polar surface area (TPSA) is 82.3 Å². The molecule has 0 radical (unpaired) electrons. The van der Waals surface area contributed by atoms with E-state index in [0.717, 1.165) is 60.1 Å². The zero-order valence-corrected chi connectivity index (χ0v) is 17.4. The van der Waals surface area contributed by atoms with Gasteiger partial charge in [0.2, 0.25) is 0 Å². The molecule has 0 amide bonds. The van der Waals surface area contributed by atoms with E-state index in [1.165, 1.54) is 11.3 Å². The normalized spacial score (nSPS) is 11.1. The van der Waals surface area contributed by atoms with Gasteiger partial charge in [0, 0.05) is 35.4 Å². The van der Waals surface area contributed by atoms with Gasteiger partial charge in [0.1, 0.15) is 0 Å². The third kappa shape index (κ3) is 4.80. The Balaban J connectivity index is 2.03. The van der Waals surface area contributed by atoms with Crippen LogP contribution >= 0.6 is 0 Å². The van der Waals surface area contributed by atoms with E-state index in [1.54, 1.807) is 0 Å². The number of benzene rings is 2. The SMILES string of the molecule is CCN(CC)c1ccc(-c2[nH]c3ccc(CC(=O)O)cc3c2CCCCN)cc1. The van der Waals surface area contributed by atoms with Crippen molar-refractivity contribution in [2.75, 3.05) is 24.5 Å². The van der Waals surface area contributed by atoms with Crippen LogP contribution in [0, 0.1) is 0 Å². The molecule has 0 aliphatic carbocycles. The number of carboxylic acid groups (broad SMARTS) is 1. The first kappa shape index (κ1) is 20.9. The second kappa shape index (κ2) is 9.61. The molecule has 0 bridgehead atoms. The number of carboxylic acids is 1. The molecule has 2 aromatic carbocycles. The van der Waals surface area contributed by atoms with Gasteiger partial charge in [0.05, 0.1) is 6.42 Å². The van der Waals surface area contributed by atoms with E-state index in [-0.39, 0.29) is 6.42 Å². The lowest BCUT2D eigenvalue weighted by Crippen LogP contribution is -2.21. The van der Waals surface area contributed by atoms with Crippen LogP contribution in [0.4, 0.5) is 5.69 Å². The Morgan fingerprint density at radius 3 is 2.41 bits per heavy atom. The zero-order valence-electron chi connectivity index (χ0n) is 17.4. The molecule has 154 valence electrons. The van der Waals surface area contributed by atoms with E-state index < -0.39 is 5.97 Å². The highest BCUT2D eigenvalue weighted by Gasteiger charge is 2.15. The number of aliphatic carboxylic acids is 1. The number of carbonyl (C=O) groups is 1. The summed E-state index contributed by atoms with van der Waals surface area (Å²) >= 11 is 0. The lowest BCUT2D eigenvalue weighted by atomic mass is 9.98. The number of fused-ring (bicyclic) bond motifs is 1. The fourth-order valence-electron chi connectivity index (χ4n) is 3.96. The number of aryl methyl sites for hydroxylation is 1. The van der Waals surface area contributed by atoms with Crippen LogP contribution in [0.1, 0.15) is 37.8 Å². The molecule has 0 fully saturated rings. The minimum absolute atomic E-state index is 0.0389. The number of aromatic nitrogens is 1. The number of H-pyrrole nitrogens is 1. The molecule has 0 saturated carbocycles. The van der Waals surface area contributed by atoms with Crippen LogP contribution in [-0.4, -0.2) is 35.7 Å². The quantitative estimate of drug-likeness (QED) is 0.440. The standard InChI is InChI=1S/C24H31N3O2/c1-3-27(4-2)19-11-9-18(10-12-19)24-20(7-5-6-14-25)21-15-17(16-23(28)29)8-13-22(21)26-24/h8-13,15,26H,3-7,14,16,25H2,1-2H3,(H,28,29). The third-order valence-electron chi connectivity index (χ3n) is 5.49. The van der Waals surface area contributed by atoms with Gasteiger partial charge < -0.3 is 20.7 Å². The fraction of sp³-hybridized carbons (Fsp3) is 0.375. The van der Waals surface area contributed by atoms with Gasteiger partial charge in [-0.05, 0) is 80.6 Å². The Hall–Kier alpha value is -2.79. The Bertz CT molecular complexity index is 956. The van der Waals surface area contributed by atoms with Gasteiger partial charge >= 0.3 is 5.97 Å². The second-order valence-corrected chi connectivity index (χ2v) is 7.39. The maximum absolute atomic E-state index is 11.1. The molecule has 0 unspecified atom stereocenters. The van der Waals surface area contributed by atoms with E-state index in [9.17, 15) is 4.79 Å². The summed E-state index contributed by atoms with van der Waals surface area (Å²) in [6.07, 6.45) is 2.94. The molecular weight excluding hydrogens is 362 g/mol. The van der Waals surface area contributed by atoms with Gasteiger partial charge in [-0.25, -0.2) is 0 Å². The highest BCUT2D eigenvalue weighted by Crippen LogP contribution is 2.33. The molecule has 0 aliphatic heterocycles. The lowest BCUT2D eigenvalue weighted by Gasteiger charge is -2.21. The Morgan fingerprint density at radius 2 is 1.79 bits per heavy atom. The summed E-state index contributed by atoms with van der Waals surface area (Å²) in [6, 6.07) is 14.6. The number of anilines is 1. The van der Waals surface area contributed by atoms with E-state index in [2.05, 4.69) is 48.0 Å². The number of hydrogen-bond donors (Lipinski definition) is 3. The van der Waals surface area contributed by atoms with Gasteiger partial charge in [0.25, 0.3) is 0 Å². The van der Waals surface area contributed by atoms with E-state index in [4.69, 9.17) is 10.8 Å². The molecule has 3 rings (SSSR count). The summed E-state index contributed by atoms with van der Waals surface area (Å²) in [6.45, 7) is 6.98. The number of aromatic amines is 1. The van der Waals surface area contributed by atoms with Crippen molar-refractivity contribution in [1.29, 1.82) is 0 Å². The molecule has 0 aliphatic rings. The largest absolute Gasteiger partial charge is 0.481 e. The van der Waals surface area contributed by atoms with E-state index in [0.29, 0.717) is 6.54 Å². The van der Waals surface area contributed by atoms with Crippen LogP contribution in [0.15, 0.2) is 42.5 Å². The molecule has 1 heterocycles. The summed E-state index contributed by atoms with van der Waals surface area (Å²) in [4.78, 5) is 17.0. The van der Waals surface area contributed by atoms with Gasteiger partial charge in [-0.2, -0.15) is 0 Å². The van der Waals surface area contributed by atoms with Crippen LogP contribution < -0.4 is 10.6 Å². The number of unbranched alkanes of at least 4 members (excludes halogenated alkanes) is 1. The van der Waals surface area contributed by atoms with Crippen molar-refractivity contribution in [1.82, 2.24) is 4.98 Å². The third-order valence-corrected chi connectivity index (χ3v) is 5.49. The Morgan fingerprint density at radius 1 is 1.07 bits per heavy atom. The van der Waals surface area contributed by atoms with Crippen molar-refractivity contribution in [3.05, 3.63) is 53.6 Å². The van der Waals surface area contributed by atoms with Crippen molar-refractivity contribution in [3.8, 4) is 11.3 Å². The highest BCUT2D eigenvalue weighted by molar-refractivity contribution is 5.92. The number of nitrogens with zero attached hydrogens (tertiary/aromatic N) is 1. The molecule has 1 aromatic heterocycles. The summed E-state index contributed by atoms with van der Waals surface area (Å²) in [5.41, 5.74) is 12.3. The van der Waals surface area contributed by atoms with Crippen LogP contribution in [0.3, 0.4) is 0 Å². The number of nitrogens with one attached hydrogen (secondary N) is 1. The molecule has 29 heavy (non-hydrogen) atoms. The van der Waals surface area contributed by atoms with Crippen molar-refractivity contribution in [2.45, 2.75) is 39.5 Å². The molecule has 3 aromatic rings. The van der Waals surface area contributed by atoms with Gasteiger partial charge in [-0.3, -0.25) is 4.79 Å². The van der Waals surface area contributed by atoms with Crippen molar-refractivity contribution >= 4 is 22.6 Å². The lowest BCUT2D eigenvalue weighted by molar-refractivity contribution is -0.136. The summed E-state index contributed by atoms with van der Waals surface area (Å²) < 4.78 is 0. The van der Waals surface area contributed by atoms with Gasteiger partial charge in [0.15, 0.2) is 0 Å². The predicted molar refractivity (Wildman–Crippen MR) is 121 cm³/mol. The first-order valence-electron chi connectivity index (χ1n) is 10.5. The van der Waals surface area contributed by atoms with Crippen LogP contribution in [0.25, 0.3) is 22.2 Å². The zero-order chi connectivity index (χ0) is 20.8. The molecule has 4 N–H and O–H groups in total. The minimum Gasteiger partial charge on any atom is -0.481 e. The summed E-state index contributed by atoms with van der Waals surface area (Å²) in [5.74, 6) is -0.809. The fourth-order valence-corrected chi connectivity index (χ4v) is 3.96. The molecule has 5 heteroatoms. The average molecular weight is 394 g/mol. The molecule has 0 atom stereocenters. The number of rotatable bonds is 10. The second-order valence-electron chi connectivity index (χ2n) is 7.39. The summed E-state index contributed by atoms with van der Waals surface area (Å²) in [5, 5.41) is 10.3. The number of nitrogens with two attached hydrogens (primary N) is 1. The first-order valence-corrected chi connectivity index (χ1v) is 10.5. The van der Waals surface area contributed by atoms with Crippen molar-refractivity contribution in [2.24, 2.45) is 5.73 Å². The van der Waals surface area contributed by atoms with Crippen molar-refractivity contribution < 1.29 is 9.90 Å². The maximum atomic E-state index is 11.1. The highest BCUT2D eigenvalue weighted by atomic mass is 16.4. The van der Waals surface area contributed by atoms with Crippen LogP contribution in [0.2, 0.25) is 0 Å². The molecule has 5 nitrogen and oxygen atoms in total.